The van der Waals surface area contributed by atoms with E-state index in [4.69, 9.17) is 4.18 Å². The zero-order valence-electron chi connectivity index (χ0n) is 16.4. The molecule has 0 fully saturated rings. The quantitative estimate of drug-likeness (QED) is 0.192. The van der Waals surface area contributed by atoms with Crippen molar-refractivity contribution in [2.45, 2.75) is 116 Å². The third-order valence-corrected chi connectivity index (χ3v) is 5.14. The Labute approximate surface area is 152 Å². The lowest BCUT2D eigenvalue weighted by Crippen LogP contribution is -2.03. The maximum atomic E-state index is 10.8. The van der Waals surface area contributed by atoms with E-state index < -0.39 is 10.1 Å². The monoisotopic (exact) mass is 362 g/mol. The number of hydrogen-bond donors (Lipinski definition) is 0. The fourth-order valence-corrected chi connectivity index (χ4v) is 3.46. The van der Waals surface area contributed by atoms with Crippen LogP contribution >= 0.6 is 0 Å². The van der Waals surface area contributed by atoms with Crippen LogP contribution in [-0.2, 0) is 14.3 Å². The highest BCUT2D eigenvalue weighted by Gasteiger charge is 2.00. The first-order valence-corrected chi connectivity index (χ1v) is 12.2. The second kappa shape index (κ2) is 17.7. The van der Waals surface area contributed by atoms with Crippen LogP contribution in [0.25, 0.3) is 0 Å². The highest BCUT2D eigenvalue weighted by atomic mass is 32.2. The topological polar surface area (TPSA) is 43.4 Å². The van der Waals surface area contributed by atoms with Gasteiger partial charge in [0.05, 0.1) is 12.9 Å². The molecule has 0 aromatic heterocycles. The van der Waals surface area contributed by atoms with Gasteiger partial charge in [0.15, 0.2) is 0 Å². The molecule has 4 heteroatoms. The molecule has 0 atom stereocenters. The summed E-state index contributed by atoms with van der Waals surface area (Å²) in [6.07, 6.45) is 23.8. The van der Waals surface area contributed by atoms with Crippen molar-refractivity contribution in [1.29, 1.82) is 0 Å². The second-order valence-corrected chi connectivity index (χ2v) is 8.83. The summed E-state index contributed by atoms with van der Waals surface area (Å²) in [6.45, 7) is 2.62. The molecule has 0 aliphatic carbocycles. The van der Waals surface area contributed by atoms with Gasteiger partial charge in [-0.05, 0) is 6.42 Å². The van der Waals surface area contributed by atoms with Crippen molar-refractivity contribution < 1.29 is 12.6 Å². The van der Waals surface area contributed by atoms with Gasteiger partial charge in [-0.1, -0.05) is 110 Å². The summed E-state index contributed by atoms with van der Waals surface area (Å²) in [5, 5.41) is 0. The molecule has 0 amide bonds. The average Bonchev–Trinajstić information content (AvgIpc) is 2.52. The van der Waals surface area contributed by atoms with Crippen LogP contribution in [0.3, 0.4) is 0 Å². The molecule has 0 saturated heterocycles. The fraction of sp³-hybridized carbons (Fsp3) is 1.00. The van der Waals surface area contributed by atoms with E-state index in [1.54, 1.807) is 0 Å². The summed E-state index contributed by atoms with van der Waals surface area (Å²) < 4.78 is 26.3. The molecule has 0 unspecified atom stereocenters. The van der Waals surface area contributed by atoms with Crippen molar-refractivity contribution in [3.8, 4) is 0 Å². The van der Waals surface area contributed by atoms with E-state index >= 15 is 0 Å². The molecule has 0 aliphatic rings. The van der Waals surface area contributed by atoms with Gasteiger partial charge in [-0.2, -0.15) is 8.42 Å². The number of rotatable bonds is 19. The Morgan fingerprint density at radius 1 is 0.542 bits per heavy atom. The third-order valence-electron chi connectivity index (χ3n) is 4.55. The van der Waals surface area contributed by atoms with Crippen LogP contribution in [0, 0.1) is 0 Å². The molecule has 3 nitrogen and oxygen atoms in total. The summed E-state index contributed by atoms with van der Waals surface area (Å²) >= 11 is 0. The maximum absolute atomic E-state index is 10.8. The second-order valence-electron chi connectivity index (χ2n) is 7.18. The molecular weight excluding hydrogens is 320 g/mol. The Bertz CT molecular complexity index is 339. The SMILES string of the molecule is CCCCCCCCCCCCCCCCCCCOS(C)(=O)=O. The van der Waals surface area contributed by atoms with E-state index in [-0.39, 0.29) is 0 Å². The molecule has 0 bridgehead atoms. The lowest BCUT2D eigenvalue weighted by atomic mass is 10.0. The molecule has 146 valence electrons. The normalized spacial score (nSPS) is 11.9. The molecule has 24 heavy (non-hydrogen) atoms. The smallest absolute Gasteiger partial charge is 0.264 e. The first kappa shape index (κ1) is 23.9. The van der Waals surface area contributed by atoms with E-state index in [0.717, 1.165) is 19.1 Å². The number of unbranched alkanes of at least 4 members (excludes halogenated alkanes) is 16. The summed E-state index contributed by atoms with van der Waals surface area (Å²) in [4.78, 5) is 0. The van der Waals surface area contributed by atoms with E-state index in [1.807, 2.05) is 0 Å². The highest BCUT2D eigenvalue weighted by Crippen LogP contribution is 2.14. The molecule has 0 saturated carbocycles. The predicted molar refractivity (Wildman–Crippen MR) is 105 cm³/mol. The van der Waals surface area contributed by atoms with Crippen LogP contribution < -0.4 is 0 Å². The first-order chi connectivity index (χ1) is 11.6. The minimum atomic E-state index is -3.25. The Hall–Kier alpha value is -0.0900. The highest BCUT2D eigenvalue weighted by molar-refractivity contribution is 7.85. The summed E-state index contributed by atoms with van der Waals surface area (Å²) in [7, 11) is -3.25. The minimum Gasteiger partial charge on any atom is -0.270 e. The van der Waals surface area contributed by atoms with Crippen LogP contribution in [0.5, 0.6) is 0 Å². The number of hydrogen-bond acceptors (Lipinski definition) is 3. The zero-order chi connectivity index (χ0) is 17.9. The van der Waals surface area contributed by atoms with Crippen LogP contribution in [0.2, 0.25) is 0 Å². The van der Waals surface area contributed by atoms with Crippen LogP contribution in [0.1, 0.15) is 116 Å². The van der Waals surface area contributed by atoms with Gasteiger partial charge >= 0.3 is 0 Å². The van der Waals surface area contributed by atoms with E-state index in [0.29, 0.717) is 6.61 Å². The lowest BCUT2D eigenvalue weighted by molar-refractivity contribution is 0.309. The van der Waals surface area contributed by atoms with Crippen molar-refractivity contribution >= 4 is 10.1 Å². The summed E-state index contributed by atoms with van der Waals surface area (Å²) in [5.41, 5.74) is 0. The molecular formula is C20H42O3S. The summed E-state index contributed by atoms with van der Waals surface area (Å²) in [5.74, 6) is 0. The van der Waals surface area contributed by atoms with Gasteiger partial charge in [0.25, 0.3) is 10.1 Å². The zero-order valence-corrected chi connectivity index (χ0v) is 17.2. The molecule has 0 heterocycles. The molecule has 0 aliphatic heterocycles. The Morgan fingerprint density at radius 2 is 0.833 bits per heavy atom. The van der Waals surface area contributed by atoms with Crippen LogP contribution in [0.4, 0.5) is 0 Å². The molecule has 0 spiro atoms. The van der Waals surface area contributed by atoms with Crippen LogP contribution in [-0.4, -0.2) is 21.3 Å². The largest absolute Gasteiger partial charge is 0.270 e. The molecule has 0 rings (SSSR count). The summed E-state index contributed by atoms with van der Waals surface area (Å²) in [6, 6.07) is 0. The van der Waals surface area contributed by atoms with Crippen molar-refractivity contribution in [2.75, 3.05) is 12.9 Å². The van der Waals surface area contributed by atoms with Crippen molar-refractivity contribution in [3.63, 3.8) is 0 Å². The van der Waals surface area contributed by atoms with E-state index in [9.17, 15) is 8.42 Å². The van der Waals surface area contributed by atoms with Crippen molar-refractivity contribution in [2.24, 2.45) is 0 Å². The van der Waals surface area contributed by atoms with Gasteiger partial charge < -0.3 is 0 Å². The average molecular weight is 363 g/mol. The Kier molecular flexibility index (Phi) is 17.7. The molecule has 0 aromatic rings. The lowest BCUT2D eigenvalue weighted by Gasteiger charge is -2.04. The van der Waals surface area contributed by atoms with Crippen LogP contribution in [0.15, 0.2) is 0 Å². The maximum Gasteiger partial charge on any atom is 0.264 e. The van der Waals surface area contributed by atoms with Crippen molar-refractivity contribution in [1.82, 2.24) is 0 Å². The van der Waals surface area contributed by atoms with Gasteiger partial charge in [0.2, 0.25) is 0 Å². The van der Waals surface area contributed by atoms with Gasteiger partial charge in [0.1, 0.15) is 0 Å². The Morgan fingerprint density at radius 3 is 1.12 bits per heavy atom. The standard InChI is InChI=1S/C20H42O3S/c1-3-4-5-6-7-8-9-10-11-12-13-14-15-16-17-18-19-20-23-24(2,21)22/h3-20H2,1-2H3. The van der Waals surface area contributed by atoms with Gasteiger partial charge in [-0.25, -0.2) is 0 Å². The van der Waals surface area contributed by atoms with E-state index in [2.05, 4.69) is 6.92 Å². The molecule has 0 N–H and O–H groups in total. The van der Waals surface area contributed by atoms with Gasteiger partial charge in [0, 0.05) is 0 Å². The van der Waals surface area contributed by atoms with Gasteiger partial charge in [-0.3, -0.25) is 4.18 Å². The molecule has 0 radical (unpaired) electrons. The van der Waals surface area contributed by atoms with Gasteiger partial charge in [-0.15, -0.1) is 0 Å². The third kappa shape index (κ3) is 21.9. The van der Waals surface area contributed by atoms with Crippen molar-refractivity contribution in [3.05, 3.63) is 0 Å². The Balaban J connectivity index is 3.03. The van der Waals surface area contributed by atoms with E-state index in [1.165, 1.54) is 96.3 Å². The first-order valence-electron chi connectivity index (χ1n) is 10.4. The molecule has 0 aromatic carbocycles. The predicted octanol–water partition coefficient (Wildman–Crippen LogP) is 6.61. The minimum absolute atomic E-state index is 0.345. The fourth-order valence-electron chi connectivity index (χ4n) is 3.04.